The van der Waals surface area contributed by atoms with Crippen LogP contribution in [-0.4, -0.2) is 72.8 Å². The van der Waals surface area contributed by atoms with Crippen LogP contribution in [0.1, 0.15) is 26.7 Å². The fourth-order valence-electron chi connectivity index (χ4n) is 3.76. The third-order valence-electron chi connectivity index (χ3n) is 5.71. The number of carbonyl (C=O) groups is 3. The molecule has 2 aliphatic heterocycles. The zero-order chi connectivity index (χ0) is 21.0. The monoisotopic (exact) mass is 420 g/mol. The number of anilines is 1. The van der Waals surface area contributed by atoms with E-state index in [1.807, 2.05) is 13.8 Å². The van der Waals surface area contributed by atoms with Crippen LogP contribution in [-0.2, 0) is 14.4 Å². The third kappa shape index (κ3) is 5.28. The van der Waals surface area contributed by atoms with Crippen molar-refractivity contribution in [2.45, 2.75) is 32.7 Å². The first-order valence-electron chi connectivity index (χ1n) is 10.3. The molecule has 2 heterocycles. The van der Waals surface area contributed by atoms with Crippen molar-refractivity contribution < 1.29 is 14.4 Å². The molecule has 1 aromatic rings. The van der Waals surface area contributed by atoms with Crippen LogP contribution >= 0.6 is 11.6 Å². The van der Waals surface area contributed by atoms with Crippen molar-refractivity contribution in [2.75, 3.05) is 44.2 Å². The highest BCUT2D eigenvalue weighted by atomic mass is 35.5. The van der Waals surface area contributed by atoms with E-state index in [-0.39, 0.29) is 23.8 Å². The highest BCUT2D eigenvalue weighted by Gasteiger charge is 2.40. The molecule has 0 aliphatic carbocycles. The molecule has 2 unspecified atom stereocenters. The van der Waals surface area contributed by atoms with Gasteiger partial charge in [-0.1, -0.05) is 18.5 Å². The van der Waals surface area contributed by atoms with Gasteiger partial charge in [0.05, 0.1) is 6.54 Å². The van der Waals surface area contributed by atoms with Gasteiger partial charge in [0.1, 0.15) is 5.92 Å². The van der Waals surface area contributed by atoms with E-state index < -0.39 is 5.92 Å². The quantitative estimate of drug-likeness (QED) is 0.711. The second-order valence-corrected chi connectivity index (χ2v) is 8.22. The van der Waals surface area contributed by atoms with E-state index in [9.17, 15) is 14.4 Å². The van der Waals surface area contributed by atoms with Crippen molar-refractivity contribution in [3.05, 3.63) is 29.3 Å². The first kappa shape index (κ1) is 21.6. The summed E-state index contributed by atoms with van der Waals surface area (Å²) in [6.07, 6.45) is 1.42. The molecule has 158 valence electrons. The maximum Gasteiger partial charge on any atom is 0.239 e. The minimum atomic E-state index is -0.620. The van der Waals surface area contributed by atoms with Gasteiger partial charge < -0.3 is 15.1 Å². The van der Waals surface area contributed by atoms with Crippen molar-refractivity contribution >= 4 is 35.0 Å². The van der Waals surface area contributed by atoms with Crippen LogP contribution in [0.3, 0.4) is 0 Å². The van der Waals surface area contributed by atoms with E-state index in [4.69, 9.17) is 11.6 Å². The third-order valence-corrected chi connectivity index (χ3v) is 5.96. The van der Waals surface area contributed by atoms with Crippen LogP contribution in [0.25, 0.3) is 0 Å². The molecule has 0 radical (unpaired) electrons. The van der Waals surface area contributed by atoms with Crippen LogP contribution in [0.2, 0.25) is 5.02 Å². The molecule has 8 heteroatoms. The van der Waals surface area contributed by atoms with Crippen LogP contribution in [0.5, 0.6) is 0 Å². The second-order valence-electron chi connectivity index (χ2n) is 7.79. The number of piperazine rings is 1. The van der Waals surface area contributed by atoms with Crippen LogP contribution in [0, 0.1) is 5.92 Å². The maximum absolute atomic E-state index is 12.9. The van der Waals surface area contributed by atoms with Gasteiger partial charge in [0.25, 0.3) is 0 Å². The fourth-order valence-corrected chi connectivity index (χ4v) is 3.88. The summed E-state index contributed by atoms with van der Waals surface area (Å²) in [5, 5.41) is 3.58. The maximum atomic E-state index is 12.9. The Morgan fingerprint density at radius 2 is 1.79 bits per heavy atom. The molecule has 0 spiro atoms. The molecule has 3 amide bonds. The number of nitrogens with one attached hydrogen (secondary N) is 1. The van der Waals surface area contributed by atoms with Crippen molar-refractivity contribution in [2.24, 2.45) is 5.92 Å². The van der Waals surface area contributed by atoms with Gasteiger partial charge in [-0.15, -0.1) is 0 Å². The largest absolute Gasteiger partial charge is 0.353 e. The molecular formula is C21H29ClN4O3. The standard InChI is InChI=1S/C21H29ClN4O3/c1-3-15(2)23-19(27)14-24-10-12-25(13-11-24)20(28)18-8-9-26(21(18)29)17-6-4-16(22)5-7-17/h4-7,15,18H,3,8-14H2,1-2H3,(H,23,27). The lowest BCUT2D eigenvalue weighted by Gasteiger charge is -2.35. The van der Waals surface area contributed by atoms with E-state index in [1.165, 1.54) is 0 Å². The Kier molecular flexibility index (Phi) is 7.14. The zero-order valence-corrected chi connectivity index (χ0v) is 17.8. The van der Waals surface area contributed by atoms with Crippen LogP contribution < -0.4 is 10.2 Å². The predicted molar refractivity (Wildman–Crippen MR) is 113 cm³/mol. The molecular weight excluding hydrogens is 392 g/mol. The molecule has 0 saturated carbocycles. The minimum absolute atomic E-state index is 0.0173. The molecule has 7 nitrogen and oxygen atoms in total. The molecule has 0 aromatic heterocycles. The highest BCUT2D eigenvalue weighted by Crippen LogP contribution is 2.27. The summed E-state index contributed by atoms with van der Waals surface area (Å²) in [6.45, 7) is 7.27. The highest BCUT2D eigenvalue weighted by molar-refractivity contribution is 6.30. The number of rotatable bonds is 6. The molecule has 2 atom stereocenters. The number of amides is 3. The summed E-state index contributed by atoms with van der Waals surface area (Å²) in [4.78, 5) is 43.2. The van der Waals surface area contributed by atoms with Crippen molar-refractivity contribution in [3.63, 3.8) is 0 Å². The predicted octanol–water partition coefficient (Wildman–Crippen LogP) is 1.75. The van der Waals surface area contributed by atoms with Gasteiger partial charge in [-0.25, -0.2) is 0 Å². The number of hydrogen-bond acceptors (Lipinski definition) is 4. The van der Waals surface area contributed by atoms with Gasteiger partial charge in [-0.05, 0) is 44.0 Å². The molecule has 1 N–H and O–H groups in total. The Morgan fingerprint density at radius 1 is 1.14 bits per heavy atom. The smallest absolute Gasteiger partial charge is 0.239 e. The topological polar surface area (TPSA) is 73.0 Å². The summed E-state index contributed by atoms with van der Waals surface area (Å²) in [7, 11) is 0. The van der Waals surface area contributed by atoms with Gasteiger partial charge >= 0.3 is 0 Å². The first-order valence-corrected chi connectivity index (χ1v) is 10.6. The molecule has 3 rings (SSSR count). The number of carbonyl (C=O) groups excluding carboxylic acids is 3. The lowest BCUT2D eigenvalue weighted by Crippen LogP contribution is -2.53. The fraction of sp³-hybridized carbons (Fsp3) is 0.571. The van der Waals surface area contributed by atoms with Gasteiger partial charge in [0.2, 0.25) is 17.7 Å². The average Bonchev–Trinajstić information content (AvgIpc) is 3.09. The molecule has 0 bridgehead atoms. The average molecular weight is 421 g/mol. The van der Waals surface area contributed by atoms with Gasteiger partial charge in [-0.2, -0.15) is 0 Å². The Labute approximate surface area is 177 Å². The Hall–Kier alpha value is -2.12. The molecule has 1 aromatic carbocycles. The Balaban J connectivity index is 1.50. The first-order chi connectivity index (χ1) is 13.9. The minimum Gasteiger partial charge on any atom is -0.353 e. The molecule has 29 heavy (non-hydrogen) atoms. The Morgan fingerprint density at radius 3 is 2.41 bits per heavy atom. The van der Waals surface area contributed by atoms with Gasteiger partial charge in [0.15, 0.2) is 0 Å². The zero-order valence-electron chi connectivity index (χ0n) is 17.1. The lowest BCUT2D eigenvalue weighted by atomic mass is 10.1. The van der Waals surface area contributed by atoms with Crippen LogP contribution in [0.15, 0.2) is 24.3 Å². The molecule has 2 fully saturated rings. The number of halogens is 1. The summed E-state index contributed by atoms with van der Waals surface area (Å²) >= 11 is 5.92. The summed E-state index contributed by atoms with van der Waals surface area (Å²) in [6, 6.07) is 7.26. The Bertz CT molecular complexity index is 747. The van der Waals surface area contributed by atoms with E-state index in [2.05, 4.69) is 10.2 Å². The van der Waals surface area contributed by atoms with Crippen molar-refractivity contribution in [1.82, 2.24) is 15.1 Å². The molecule has 2 aliphatic rings. The van der Waals surface area contributed by atoms with E-state index >= 15 is 0 Å². The van der Waals surface area contributed by atoms with Gasteiger partial charge in [-0.3, -0.25) is 19.3 Å². The number of hydrogen-bond donors (Lipinski definition) is 1. The van der Waals surface area contributed by atoms with E-state index in [0.29, 0.717) is 50.7 Å². The van der Waals surface area contributed by atoms with Crippen molar-refractivity contribution in [1.29, 1.82) is 0 Å². The SMILES string of the molecule is CCC(C)NC(=O)CN1CCN(C(=O)C2CCN(c3ccc(Cl)cc3)C2=O)CC1. The number of benzene rings is 1. The van der Waals surface area contributed by atoms with Crippen molar-refractivity contribution in [3.8, 4) is 0 Å². The summed E-state index contributed by atoms with van der Waals surface area (Å²) in [5.41, 5.74) is 0.770. The van der Waals surface area contributed by atoms with Crippen LogP contribution in [0.4, 0.5) is 5.69 Å². The molecule has 2 saturated heterocycles. The normalized spacial score (nSPS) is 21.3. The summed E-state index contributed by atoms with van der Waals surface area (Å²) < 4.78 is 0. The second kappa shape index (κ2) is 9.59. The number of nitrogens with zero attached hydrogens (tertiary/aromatic N) is 3. The van der Waals surface area contributed by atoms with E-state index in [1.54, 1.807) is 34.1 Å². The summed E-state index contributed by atoms with van der Waals surface area (Å²) in [5.74, 6) is -0.850. The lowest BCUT2D eigenvalue weighted by molar-refractivity contribution is -0.141. The van der Waals surface area contributed by atoms with Gasteiger partial charge in [0, 0.05) is 49.5 Å². The van der Waals surface area contributed by atoms with E-state index in [0.717, 1.165) is 12.1 Å².